The number of rotatable bonds is 5. The summed E-state index contributed by atoms with van der Waals surface area (Å²) >= 11 is 0. The Bertz CT molecular complexity index is 1070. The Hall–Kier alpha value is -3.58. The maximum Gasteiger partial charge on any atom is 0.339 e. The summed E-state index contributed by atoms with van der Waals surface area (Å²) in [6.45, 7) is 2.87. The first-order valence-electron chi connectivity index (χ1n) is 7.43. The van der Waals surface area contributed by atoms with Gasteiger partial charge in [0.2, 0.25) is 69.7 Å². The quantitative estimate of drug-likeness (QED) is 0.164. The second-order valence-corrected chi connectivity index (χ2v) is 5.44. The molecule has 0 aliphatic rings. The molecule has 0 bridgehead atoms. The summed E-state index contributed by atoms with van der Waals surface area (Å²) in [5.74, 6) is -32.9. The summed E-state index contributed by atoms with van der Waals surface area (Å²) in [5.41, 5.74) is -1.11. The predicted molar refractivity (Wildman–Crippen MR) is 77.5 cm³/mol. The summed E-state index contributed by atoms with van der Waals surface area (Å²) in [6, 6.07) is 0. The Morgan fingerprint density at radius 2 is 0.839 bits per heavy atom. The van der Waals surface area contributed by atoms with E-state index in [0.717, 1.165) is 0 Å². The minimum atomic E-state index is -2.56. The van der Waals surface area contributed by atoms with Crippen LogP contribution < -0.4 is 9.47 Å². The highest BCUT2D eigenvalue weighted by Gasteiger charge is 2.31. The van der Waals surface area contributed by atoms with Gasteiger partial charge in [0, 0.05) is 5.57 Å². The number of carbonyl (C=O) groups excluding carboxylic acids is 2. The van der Waals surface area contributed by atoms with Gasteiger partial charge in [-0.25, -0.2) is 31.1 Å². The summed E-state index contributed by atoms with van der Waals surface area (Å²) in [7, 11) is 0. The molecule has 0 amide bonds. The second kappa shape index (κ2) is 8.65. The van der Waals surface area contributed by atoms with Crippen molar-refractivity contribution in [1.82, 2.24) is 0 Å². The lowest BCUT2D eigenvalue weighted by atomic mass is 10.2. The summed E-state index contributed by atoms with van der Waals surface area (Å²) in [5, 5.41) is 0. The summed E-state index contributed by atoms with van der Waals surface area (Å²) in [6.07, 6.45) is -1.41. The van der Waals surface area contributed by atoms with Crippen LogP contribution in [0.1, 0.15) is 6.42 Å². The molecule has 0 aliphatic heterocycles. The fourth-order valence-corrected chi connectivity index (χ4v) is 1.91. The van der Waals surface area contributed by atoms with Gasteiger partial charge in [-0.15, -0.1) is 0 Å². The average molecular weight is 462 g/mol. The molecule has 0 heterocycles. The minimum Gasteiger partial charge on any atom is -0.420 e. The van der Waals surface area contributed by atoms with Crippen LogP contribution in [0.5, 0.6) is 11.5 Å². The van der Waals surface area contributed by atoms with Gasteiger partial charge >= 0.3 is 11.9 Å². The average Bonchev–Trinajstić information content (AvgIpc) is 2.73. The zero-order valence-electron chi connectivity index (χ0n) is 14.3. The predicted octanol–water partition coefficient (Wildman–Crippen LogP) is 4.53. The first-order valence-corrected chi connectivity index (χ1v) is 7.43. The molecular weight excluding hydrogens is 458 g/mol. The van der Waals surface area contributed by atoms with Crippen molar-refractivity contribution in [2.45, 2.75) is 6.42 Å². The Balaban J connectivity index is 2.19. The molecule has 0 spiro atoms. The zero-order chi connectivity index (χ0) is 23.8. The monoisotopic (exact) mass is 462 g/mol. The topological polar surface area (TPSA) is 52.6 Å². The first kappa shape index (κ1) is 23.7. The molecular formula is C17H4F10O4. The van der Waals surface area contributed by atoms with E-state index >= 15 is 0 Å². The van der Waals surface area contributed by atoms with Crippen molar-refractivity contribution in [2.24, 2.45) is 0 Å². The molecule has 0 radical (unpaired) electrons. The molecule has 4 nitrogen and oxygen atoms in total. The molecule has 0 fully saturated rings. The maximum atomic E-state index is 13.5. The highest BCUT2D eigenvalue weighted by atomic mass is 19.2. The van der Waals surface area contributed by atoms with Crippen molar-refractivity contribution < 1.29 is 63.0 Å². The van der Waals surface area contributed by atoms with E-state index in [1.165, 1.54) is 0 Å². The van der Waals surface area contributed by atoms with Crippen molar-refractivity contribution in [1.29, 1.82) is 0 Å². The molecule has 0 aromatic heterocycles. The lowest BCUT2D eigenvalue weighted by Gasteiger charge is -2.11. The number of benzene rings is 2. The van der Waals surface area contributed by atoms with E-state index in [4.69, 9.17) is 0 Å². The highest BCUT2D eigenvalue weighted by molar-refractivity contribution is 5.94. The van der Waals surface area contributed by atoms with E-state index in [9.17, 15) is 53.5 Å². The lowest BCUT2D eigenvalue weighted by molar-refractivity contribution is -0.137. The van der Waals surface area contributed by atoms with Gasteiger partial charge in [-0.3, -0.25) is 4.79 Å². The molecule has 14 heteroatoms. The summed E-state index contributed by atoms with van der Waals surface area (Å²) in [4.78, 5) is 23.3. The Labute approximate surface area is 164 Å². The molecule has 0 aliphatic carbocycles. The number of halogens is 10. The molecule has 2 rings (SSSR count). The molecule has 2 aromatic carbocycles. The van der Waals surface area contributed by atoms with Crippen LogP contribution in [0.25, 0.3) is 0 Å². The van der Waals surface area contributed by atoms with Crippen molar-refractivity contribution in [3.63, 3.8) is 0 Å². The molecule has 2 aromatic rings. The van der Waals surface area contributed by atoms with Crippen molar-refractivity contribution in [3.05, 3.63) is 70.3 Å². The molecule has 0 N–H and O–H groups in total. The van der Waals surface area contributed by atoms with Gasteiger partial charge in [0.15, 0.2) is 0 Å². The van der Waals surface area contributed by atoms with Crippen LogP contribution in [-0.4, -0.2) is 11.9 Å². The number of hydrogen-bond acceptors (Lipinski definition) is 4. The standard InChI is InChI=1S/C17H4F10O4/c1-3(17(29)31-16-13(26)9(22)6(19)10(23)14(16)27)2-4(28)30-15-11(24)7(20)5(18)8(21)12(15)25/h1-2H2. The van der Waals surface area contributed by atoms with Gasteiger partial charge < -0.3 is 9.47 Å². The normalized spacial score (nSPS) is 10.8. The van der Waals surface area contributed by atoms with Crippen LogP contribution in [0.2, 0.25) is 0 Å². The van der Waals surface area contributed by atoms with Gasteiger partial charge in [0.1, 0.15) is 0 Å². The first-order chi connectivity index (χ1) is 14.3. The van der Waals surface area contributed by atoms with Crippen LogP contribution in [0.15, 0.2) is 12.2 Å². The molecule has 0 saturated carbocycles. The van der Waals surface area contributed by atoms with Crippen LogP contribution in [0.3, 0.4) is 0 Å². The third-order valence-electron chi connectivity index (χ3n) is 3.40. The van der Waals surface area contributed by atoms with E-state index in [-0.39, 0.29) is 0 Å². The SMILES string of the molecule is C=C(CC(=O)Oc1c(F)c(F)c(F)c(F)c1F)C(=O)Oc1c(F)c(F)c(F)c(F)c1F. The Kier molecular flexibility index (Phi) is 6.61. The van der Waals surface area contributed by atoms with Crippen molar-refractivity contribution in [3.8, 4) is 11.5 Å². The van der Waals surface area contributed by atoms with Gasteiger partial charge in [-0.1, -0.05) is 6.58 Å². The molecule has 31 heavy (non-hydrogen) atoms. The van der Waals surface area contributed by atoms with Crippen molar-refractivity contribution >= 4 is 11.9 Å². The van der Waals surface area contributed by atoms with Gasteiger partial charge in [0.05, 0.1) is 6.42 Å². The fourth-order valence-electron chi connectivity index (χ4n) is 1.91. The Morgan fingerprint density at radius 1 is 0.548 bits per heavy atom. The zero-order valence-corrected chi connectivity index (χ0v) is 14.3. The lowest BCUT2D eigenvalue weighted by Crippen LogP contribution is -2.19. The number of esters is 2. The fraction of sp³-hybridized carbons (Fsp3) is 0.0588. The van der Waals surface area contributed by atoms with Crippen LogP contribution in [0, 0.1) is 58.2 Å². The molecule has 0 atom stereocenters. The highest BCUT2D eigenvalue weighted by Crippen LogP contribution is 2.31. The van der Waals surface area contributed by atoms with E-state index < -0.39 is 93.6 Å². The maximum absolute atomic E-state index is 13.5. The molecule has 0 saturated heterocycles. The molecule has 0 unspecified atom stereocenters. The van der Waals surface area contributed by atoms with E-state index in [1.54, 1.807) is 0 Å². The van der Waals surface area contributed by atoms with Gasteiger partial charge in [0.25, 0.3) is 0 Å². The molecule has 166 valence electrons. The van der Waals surface area contributed by atoms with Gasteiger partial charge in [-0.2, -0.15) is 17.6 Å². The van der Waals surface area contributed by atoms with E-state index in [0.29, 0.717) is 0 Å². The third kappa shape index (κ3) is 4.32. The van der Waals surface area contributed by atoms with E-state index in [2.05, 4.69) is 16.1 Å². The smallest absolute Gasteiger partial charge is 0.339 e. The minimum absolute atomic E-state index is 1.11. The summed E-state index contributed by atoms with van der Waals surface area (Å²) < 4.78 is 140. The van der Waals surface area contributed by atoms with Crippen LogP contribution in [-0.2, 0) is 9.59 Å². The number of carbonyl (C=O) groups is 2. The Morgan fingerprint density at radius 3 is 1.19 bits per heavy atom. The van der Waals surface area contributed by atoms with Crippen molar-refractivity contribution in [2.75, 3.05) is 0 Å². The van der Waals surface area contributed by atoms with Gasteiger partial charge in [-0.05, 0) is 0 Å². The second-order valence-electron chi connectivity index (χ2n) is 5.44. The number of ether oxygens (including phenoxy) is 2. The van der Waals surface area contributed by atoms with E-state index in [1.807, 2.05) is 0 Å². The van der Waals surface area contributed by atoms with Crippen LogP contribution >= 0.6 is 0 Å². The third-order valence-corrected chi connectivity index (χ3v) is 3.40. The number of hydrogen-bond donors (Lipinski definition) is 0. The van der Waals surface area contributed by atoms with Crippen LogP contribution in [0.4, 0.5) is 43.9 Å². The largest absolute Gasteiger partial charge is 0.420 e.